The van der Waals surface area contributed by atoms with E-state index in [1.54, 1.807) is 18.2 Å². The van der Waals surface area contributed by atoms with E-state index >= 15 is 0 Å². The fourth-order valence-electron chi connectivity index (χ4n) is 3.86. The van der Waals surface area contributed by atoms with Crippen LogP contribution in [0.5, 0.6) is 5.75 Å². The van der Waals surface area contributed by atoms with Crippen molar-refractivity contribution in [1.29, 1.82) is 0 Å². The van der Waals surface area contributed by atoms with Crippen molar-refractivity contribution in [3.05, 3.63) is 99.0 Å². The SMILES string of the molecule is Cc1ccc(OCC(=O)N(Cc2c(Cl)cccc2Cl)[C@@H](Cc2ccccc2)C(=O)NCC(C)C)cc1C. The zero-order valence-electron chi connectivity index (χ0n) is 21.8. The first kappa shape index (κ1) is 28.5. The molecule has 0 heterocycles. The summed E-state index contributed by atoms with van der Waals surface area (Å²) in [5.41, 5.74) is 3.73. The van der Waals surface area contributed by atoms with Crippen molar-refractivity contribution in [1.82, 2.24) is 10.2 Å². The van der Waals surface area contributed by atoms with Crippen LogP contribution in [0.15, 0.2) is 66.7 Å². The molecule has 0 aliphatic heterocycles. The topological polar surface area (TPSA) is 58.6 Å². The van der Waals surface area contributed by atoms with Gasteiger partial charge >= 0.3 is 0 Å². The van der Waals surface area contributed by atoms with Gasteiger partial charge in [0.05, 0.1) is 0 Å². The Hall–Kier alpha value is -3.02. The minimum absolute atomic E-state index is 0.0697. The van der Waals surface area contributed by atoms with Crippen LogP contribution in [-0.2, 0) is 22.6 Å². The Morgan fingerprint density at radius 3 is 2.22 bits per heavy atom. The monoisotopic (exact) mass is 540 g/mol. The lowest BCUT2D eigenvalue weighted by Gasteiger charge is -2.32. The number of carbonyl (C=O) groups is 2. The number of aryl methyl sites for hydroxylation is 2. The summed E-state index contributed by atoms with van der Waals surface area (Å²) in [4.78, 5) is 28.7. The molecular formula is C30H34Cl2N2O3. The van der Waals surface area contributed by atoms with Crippen LogP contribution in [0.2, 0.25) is 10.0 Å². The van der Waals surface area contributed by atoms with Gasteiger partial charge in [0.15, 0.2) is 6.61 Å². The number of rotatable bonds is 11. The summed E-state index contributed by atoms with van der Waals surface area (Å²) >= 11 is 13.0. The number of hydrogen-bond acceptors (Lipinski definition) is 3. The average molecular weight is 542 g/mol. The van der Waals surface area contributed by atoms with Crippen molar-refractivity contribution in [3.63, 3.8) is 0 Å². The Morgan fingerprint density at radius 1 is 0.919 bits per heavy atom. The zero-order chi connectivity index (χ0) is 26.9. The number of benzene rings is 3. The van der Waals surface area contributed by atoms with Gasteiger partial charge in [0, 0.05) is 35.1 Å². The van der Waals surface area contributed by atoms with E-state index in [0.29, 0.717) is 34.3 Å². The van der Waals surface area contributed by atoms with Gasteiger partial charge in [0.2, 0.25) is 5.91 Å². The van der Waals surface area contributed by atoms with E-state index in [2.05, 4.69) is 5.32 Å². The molecule has 196 valence electrons. The van der Waals surface area contributed by atoms with E-state index in [4.69, 9.17) is 27.9 Å². The average Bonchev–Trinajstić information content (AvgIpc) is 2.87. The van der Waals surface area contributed by atoms with Crippen molar-refractivity contribution in [3.8, 4) is 5.75 Å². The predicted octanol–water partition coefficient (Wildman–Crippen LogP) is 6.40. The van der Waals surface area contributed by atoms with Crippen molar-refractivity contribution in [2.75, 3.05) is 13.2 Å². The molecule has 0 saturated heterocycles. The molecule has 0 saturated carbocycles. The molecule has 3 rings (SSSR count). The molecular weight excluding hydrogens is 507 g/mol. The summed E-state index contributed by atoms with van der Waals surface area (Å²) < 4.78 is 5.87. The van der Waals surface area contributed by atoms with E-state index in [0.717, 1.165) is 16.7 Å². The summed E-state index contributed by atoms with van der Waals surface area (Å²) in [7, 11) is 0. The second-order valence-corrected chi connectivity index (χ2v) is 10.4. The minimum atomic E-state index is -0.788. The molecule has 0 bridgehead atoms. The van der Waals surface area contributed by atoms with Crippen LogP contribution in [0.3, 0.4) is 0 Å². The first-order valence-electron chi connectivity index (χ1n) is 12.4. The van der Waals surface area contributed by atoms with E-state index in [1.807, 2.05) is 76.2 Å². The van der Waals surface area contributed by atoms with E-state index in [1.165, 1.54) is 4.90 Å². The zero-order valence-corrected chi connectivity index (χ0v) is 23.3. The fraction of sp³-hybridized carbons (Fsp3) is 0.333. The molecule has 5 nitrogen and oxygen atoms in total. The standard InChI is InChI=1S/C30H34Cl2N2O3/c1-20(2)17-33-30(36)28(16-23-9-6-5-7-10-23)34(18-25-26(31)11-8-12-27(25)32)29(35)19-37-24-14-13-21(3)22(4)15-24/h5-15,20,28H,16-19H2,1-4H3,(H,33,36)/t28-/m0/s1. The quantitative estimate of drug-likeness (QED) is 0.306. The molecule has 7 heteroatoms. The third-order valence-electron chi connectivity index (χ3n) is 6.19. The van der Waals surface area contributed by atoms with Crippen molar-refractivity contribution in [2.45, 2.75) is 46.7 Å². The molecule has 3 aromatic carbocycles. The van der Waals surface area contributed by atoms with Gasteiger partial charge in [-0.1, -0.05) is 79.5 Å². The van der Waals surface area contributed by atoms with Gasteiger partial charge in [-0.25, -0.2) is 0 Å². The molecule has 3 aromatic rings. The highest BCUT2D eigenvalue weighted by molar-refractivity contribution is 6.36. The Balaban J connectivity index is 1.95. The number of nitrogens with zero attached hydrogens (tertiary/aromatic N) is 1. The molecule has 0 aromatic heterocycles. The van der Waals surface area contributed by atoms with Crippen molar-refractivity contribution >= 4 is 35.0 Å². The Morgan fingerprint density at radius 2 is 1.59 bits per heavy atom. The van der Waals surface area contributed by atoms with Crippen LogP contribution in [0.25, 0.3) is 0 Å². The van der Waals surface area contributed by atoms with Crippen LogP contribution in [0, 0.1) is 19.8 Å². The summed E-state index contributed by atoms with van der Waals surface area (Å²) in [6, 6.07) is 19.7. The minimum Gasteiger partial charge on any atom is -0.484 e. The first-order valence-corrected chi connectivity index (χ1v) is 13.1. The number of ether oxygens (including phenoxy) is 1. The molecule has 0 spiro atoms. The maximum atomic E-state index is 13.7. The molecule has 0 radical (unpaired) electrons. The van der Waals surface area contributed by atoms with Crippen LogP contribution >= 0.6 is 23.2 Å². The first-order chi connectivity index (χ1) is 17.7. The van der Waals surface area contributed by atoms with E-state index < -0.39 is 6.04 Å². The smallest absolute Gasteiger partial charge is 0.261 e. The van der Waals surface area contributed by atoms with E-state index in [-0.39, 0.29) is 30.9 Å². The molecule has 37 heavy (non-hydrogen) atoms. The Labute approximate surface area is 229 Å². The maximum Gasteiger partial charge on any atom is 0.261 e. The van der Waals surface area contributed by atoms with Gasteiger partial charge in [-0.3, -0.25) is 9.59 Å². The predicted molar refractivity (Wildman–Crippen MR) is 150 cm³/mol. The van der Waals surface area contributed by atoms with Crippen LogP contribution in [-0.4, -0.2) is 35.9 Å². The van der Waals surface area contributed by atoms with Gasteiger partial charge in [0.25, 0.3) is 5.91 Å². The summed E-state index contributed by atoms with van der Waals surface area (Å²) in [6.45, 7) is 8.40. The Bertz CT molecular complexity index is 1190. The fourth-order valence-corrected chi connectivity index (χ4v) is 4.38. The molecule has 0 unspecified atom stereocenters. The molecule has 0 fully saturated rings. The highest BCUT2D eigenvalue weighted by atomic mass is 35.5. The second kappa shape index (κ2) is 13.5. The molecule has 1 N–H and O–H groups in total. The van der Waals surface area contributed by atoms with Gasteiger partial charge < -0.3 is 15.0 Å². The Kier molecular flexibility index (Phi) is 10.4. The lowest BCUT2D eigenvalue weighted by Crippen LogP contribution is -2.52. The number of amides is 2. The van der Waals surface area contributed by atoms with Gasteiger partial charge in [-0.15, -0.1) is 0 Å². The van der Waals surface area contributed by atoms with Crippen molar-refractivity contribution in [2.24, 2.45) is 5.92 Å². The summed E-state index contributed by atoms with van der Waals surface area (Å²) in [5, 5.41) is 3.86. The highest BCUT2D eigenvalue weighted by Crippen LogP contribution is 2.27. The van der Waals surface area contributed by atoms with Gasteiger partial charge in [-0.2, -0.15) is 0 Å². The number of nitrogens with one attached hydrogen (secondary N) is 1. The maximum absolute atomic E-state index is 13.7. The number of hydrogen-bond donors (Lipinski definition) is 1. The van der Waals surface area contributed by atoms with Crippen LogP contribution in [0.1, 0.15) is 36.1 Å². The van der Waals surface area contributed by atoms with Crippen LogP contribution < -0.4 is 10.1 Å². The molecule has 0 aliphatic carbocycles. The largest absolute Gasteiger partial charge is 0.484 e. The molecule has 0 aliphatic rings. The van der Waals surface area contributed by atoms with Gasteiger partial charge in [-0.05, 0) is 60.7 Å². The second-order valence-electron chi connectivity index (χ2n) is 9.60. The normalized spacial score (nSPS) is 11.8. The molecule has 2 amide bonds. The lowest BCUT2D eigenvalue weighted by molar-refractivity contribution is -0.142. The third-order valence-corrected chi connectivity index (χ3v) is 6.89. The van der Waals surface area contributed by atoms with Crippen molar-refractivity contribution < 1.29 is 14.3 Å². The highest BCUT2D eigenvalue weighted by Gasteiger charge is 2.31. The number of carbonyl (C=O) groups excluding carboxylic acids is 2. The van der Waals surface area contributed by atoms with Crippen LogP contribution in [0.4, 0.5) is 0 Å². The van der Waals surface area contributed by atoms with E-state index in [9.17, 15) is 9.59 Å². The number of halogens is 2. The van der Waals surface area contributed by atoms with Gasteiger partial charge in [0.1, 0.15) is 11.8 Å². The summed E-state index contributed by atoms with van der Waals surface area (Å²) in [5.74, 6) is 0.280. The molecule has 1 atom stereocenters. The summed E-state index contributed by atoms with van der Waals surface area (Å²) in [6.07, 6.45) is 0.336. The third kappa shape index (κ3) is 8.24. The lowest BCUT2D eigenvalue weighted by atomic mass is 10.0.